The summed E-state index contributed by atoms with van der Waals surface area (Å²) >= 11 is 6.96. The van der Waals surface area contributed by atoms with Crippen LogP contribution in [0, 0.1) is 0 Å². The minimum absolute atomic E-state index is 0.0404. The molecule has 0 saturated carbocycles. The second kappa shape index (κ2) is 12.1. The normalized spacial score (nSPS) is 12.1. The molecule has 2 N–H and O–H groups in total. The lowest BCUT2D eigenvalue weighted by atomic mass is 10.1. The molecule has 0 aliphatic heterocycles. The maximum atomic E-state index is 12.6. The van der Waals surface area contributed by atoms with E-state index in [0.717, 1.165) is 28.3 Å². The summed E-state index contributed by atoms with van der Waals surface area (Å²) in [5, 5.41) is 3.63. The highest BCUT2D eigenvalue weighted by atomic mass is 35.5. The van der Waals surface area contributed by atoms with Gasteiger partial charge in [0.2, 0.25) is 10.0 Å². The maximum Gasteiger partial charge on any atom is 0.416 e. The van der Waals surface area contributed by atoms with Gasteiger partial charge in [0.15, 0.2) is 5.78 Å². The van der Waals surface area contributed by atoms with Gasteiger partial charge in [-0.1, -0.05) is 23.7 Å². The Labute approximate surface area is 211 Å². The fourth-order valence-electron chi connectivity index (χ4n) is 3.19. The van der Waals surface area contributed by atoms with Crippen LogP contribution in [0.5, 0.6) is 0 Å². The number of benzene rings is 2. The summed E-state index contributed by atoms with van der Waals surface area (Å²) in [5.74, 6) is -0.0404. The van der Waals surface area contributed by atoms with Crippen LogP contribution < -0.4 is 10.0 Å². The zero-order valence-corrected chi connectivity index (χ0v) is 21.0. The van der Waals surface area contributed by atoms with Gasteiger partial charge in [0.05, 0.1) is 5.56 Å². The molecule has 3 aromatic rings. The van der Waals surface area contributed by atoms with E-state index in [1.165, 1.54) is 18.2 Å². The van der Waals surface area contributed by atoms with Gasteiger partial charge in [-0.25, -0.2) is 13.1 Å². The topological polar surface area (TPSA) is 75.3 Å². The number of sulfonamides is 1. The third-order valence-electron chi connectivity index (χ3n) is 5.10. The summed E-state index contributed by atoms with van der Waals surface area (Å²) in [7, 11) is -3.66. The fourth-order valence-corrected chi connectivity index (χ4v) is 5.79. The van der Waals surface area contributed by atoms with E-state index in [2.05, 4.69) is 10.0 Å². The molecule has 0 atom stereocenters. The van der Waals surface area contributed by atoms with Crippen LogP contribution in [-0.2, 0) is 29.2 Å². The quantitative estimate of drug-likeness (QED) is 0.227. The number of halogens is 4. The van der Waals surface area contributed by atoms with Crippen molar-refractivity contribution in [2.45, 2.75) is 36.2 Å². The SMILES string of the molecule is O=C(CCc1ccc(S(=O)(=O)NCCCNCc2ccc(C(F)(F)F)cc2)s1)c1ccc(Cl)cc1. The Balaban J connectivity index is 1.38. The van der Waals surface area contributed by atoms with Gasteiger partial charge in [-0.2, -0.15) is 13.2 Å². The number of thiophene rings is 1. The first kappa shape index (κ1) is 27.3. The first-order valence-electron chi connectivity index (χ1n) is 10.8. The van der Waals surface area contributed by atoms with Gasteiger partial charge in [-0.15, -0.1) is 11.3 Å². The van der Waals surface area contributed by atoms with Crippen molar-refractivity contribution in [2.24, 2.45) is 0 Å². The Kier molecular flexibility index (Phi) is 9.48. The number of carbonyl (C=O) groups is 1. The van der Waals surface area contributed by atoms with Gasteiger partial charge in [0.1, 0.15) is 4.21 Å². The highest BCUT2D eigenvalue weighted by Crippen LogP contribution is 2.29. The van der Waals surface area contributed by atoms with Crippen LogP contribution in [0.4, 0.5) is 13.2 Å². The molecule has 0 unspecified atom stereocenters. The lowest BCUT2D eigenvalue weighted by Gasteiger charge is -2.09. The van der Waals surface area contributed by atoms with Crippen LogP contribution in [0.1, 0.15) is 39.2 Å². The van der Waals surface area contributed by atoms with Crippen LogP contribution in [-0.4, -0.2) is 27.3 Å². The molecule has 0 saturated heterocycles. The molecule has 1 aromatic heterocycles. The minimum Gasteiger partial charge on any atom is -0.313 e. The maximum absolute atomic E-state index is 12.6. The molecule has 35 heavy (non-hydrogen) atoms. The average Bonchev–Trinajstić information content (AvgIpc) is 3.30. The van der Waals surface area contributed by atoms with E-state index in [1.54, 1.807) is 30.3 Å². The second-order valence-electron chi connectivity index (χ2n) is 7.77. The summed E-state index contributed by atoms with van der Waals surface area (Å²) in [6, 6.07) is 14.8. The summed E-state index contributed by atoms with van der Waals surface area (Å²) in [6.45, 7) is 1.09. The third-order valence-corrected chi connectivity index (χ3v) is 8.45. The Hall–Kier alpha value is -2.24. The molecule has 2 aromatic carbocycles. The van der Waals surface area contributed by atoms with Gasteiger partial charge < -0.3 is 5.32 Å². The molecule has 3 rings (SSSR count). The molecule has 0 aliphatic rings. The smallest absolute Gasteiger partial charge is 0.313 e. The lowest BCUT2D eigenvalue weighted by Crippen LogP contribution is -2.27. The molecule has 0 spiro atoms. The Bertz CT molecular complexity index is 1230. The molecule has 0 amide bonds. The molecule has 0 bridgehead atoms. The van der Waals surface area contributed by atoms with Crippen molar-refractivity contribution in [3.8, 4) is 0 Å². The van der Waals surface area contributed by atoms with Crippen molar-refractivity contribution in [1.29, 1.82) is 0 Å². The summed E-state index contributed by atoms with van der Waals surface area (Å²) in [6.07, 6.45) is -3.15. The van der Waals surface area contributed by atoms with Crippen molar-refractivity contribution < 1.29 is 26.4 Å². The number of hydrogen-bond acceptors (Lipinski definition) is 5. The second-order valence-corrected chi connectivity index (χ2v) is 11.4. The zero-order chi connectivity index (χ0) is 25.5. The van der Waals surface area contributed by atoms with Gasteiger partial charge in [0, 0.05) is 35.0 Å². The number of nitrogens with one attached hydrogen (secondary N) is 2. The van der Waals surface area contributed by atoms with E-state index in [-0.39, 0.29) is 23.0 Å². The summed E-state index contributed by atoms with van der Waals surface area (Å²) < 4.78 is 65.5. The van der Waals surface area contributed by atoms with E-state index in [0.29, 0.717) is 42.1 Å². The van der Waals surface area contributed by atoms with Crippen molar-refractivity contribution in [2.75, 3.05) is 13.1 Å². The average molecular weight is 545 g/mol. The zero-order valence-electron chi connectivity index (χ0n) is 18.6. The number of ketones is 1. The van der Waals surface area contributed by atoms with Crippen molar-refractivity contribution in [3.63, 3.8) is 0 Å². The van der Waals surface area contributed by atoms with Crippen LogP contribution in [0.15, 0.2) is 64.9 Å². The minimum atomic E-state index is -4.36. The molecular formula is C24H24ClF3N2O3S2. The number of Topliss-reactive ketones (excluding diaryl/α,β-unsaturated/α-hetero) is 1. The van der Waals surface area contributed by atoms with E-state index in [4.69, 9.17) is 11.6 Å². The number of alkyl halides is 3. The molecule has 1 heterocycles. The third kappa shape index (κ3) is 8.43. The summed E-state index contributed by atoms with van der Waals surface area (Å²) in [4.78, 5) is 13.1. The number of rotatable bonds is 12. The van der Waals surface area contributed by atoms with Crippen LogP contribution in [0.2, 0.25) is 5.02 Å². The molecule has 0 aliphatic carbocycles. The van der Waals surface area contributed by atoms with Crippen LogP contribution in [0.3, 0.4) is 0 Å². The molecule has 188 valence electrons. The highest BCUT2D eigenvalue weighted by Gasteiger charge is 2.29. The van der Waals surface area contributed by atoms with Crippen molar-refractivity contribution in [1.82, 2.24) is 10.0 Å². The first-order chi connectivity index (χ1) is 16.5. The van der Waals surface area contributed by atoms with Gasteiger partial charge in [-0.05, 0) is 73.5 Å². The van der Waals surface area contributed by atoms with Crippen LogP contribution >= 0.6 is 22.9 Å². The van der Waals surface area contributed by atoms with Crippen molar-refractivity contribution in [3.05, 3.63) is 87.3 Å². The predicted octanol–water partition coefficient (Wildman–Crippen LogP) is 5.69. The molecule has 11 heteroatoms. The van der Waals surface area contributed by atoms with E-state index in [9.17, 15) is 26.4 Å². The molecule has 0 fully saturated rings. The van der Waals surface area contributed by atoms with E-state index in [1.807, 2.05) is 0 Å². The Morgan fingerprint density at radius 2 is 1.63 bits per heavy atom. The molecule has 0 radical (unpaired) electrons. The summed E-state index contributed by atoms with van der Waals surface area (Å²) in [5.41, 5.74) is 0.576. The number of hydrogen-bond donors (Lipinski definition) is 2. The van der Waals surface area contributed by atoms with Crippen molar-refractivity contribution >= 4 is 38.7 Å². The molecule has 5 nitrogen and oxygen atoms in total. The highest BCUT2D eigenvalue weighted by molar-refractivity contribution is 7.91. The van der Waals surface area contributed by atoms with Gasteiger partial charge >= 0.3 is 6.18 Å². The Morgan fingerprint density at radius 3 is 2.29 bits per heavy atom. The first-order valence-corrected chi connectivity index (χ1v) is 13.5. The van der Waals surface area contributed by atoms with E-state index < -0.39 is 21.8 Å². The lowest BCUT2D eigenvalue weighted by molar-refractivity contribution is -0.137. The number of carbonyl (C=O) groups excluding carboxylic acids is 1. The van der Waals surface area contributed by atoms with Crippen LogP contribution in [0.25, 0.3) is 0 Å². The molecular weight excluding hydrogens is 521 g/mol. The van der Waals surface area contributed by atoms with Gasteiger partial charge in [-0.3, -0.25) is 4.79 Å². The fraction of sp³-hybridized carbons (Fsp3) is 0.292. The predicted molar refractivity (Wildman–Crippen MR) is 131 cm³/mol. The Morgan fingerprint density at radius 1 is 0.943 bits per heavy atom. The standard InChI is InChI=1S/C24H24ClF3N2O3S2/c25-20-8-4-18(5-9-20)22(31)12-10-21-11-13-23(34-21)35(32,33)30-15-1-14-29-16-17-2-6-19(7-3-17)24(26,27)28/h2-9,11,13,29-30H,1,10,12,14-16H2. The monoisotopic (exact) mass is 544 g/mol. The largest absolute Gasteiger partial charge is 0.416 e. The van der Waals surface area contributed by atoms with E-state index >= 15 is 0 Å². The number of aryl methyl sites for hydroxylation is 1. The van der Waals surface area contributed by atoms with Gasteiger partial charge in [0.25, 0.3) is 0 Å².